The molecule has 2 aliphatic rings. The van der Waals surface area contributed by atoms with Gasteiger partial charge < -0.3 is 10.6 Å². The van der Waals surface area contributed by atoms with Gasteiger partial charge in [0.25, 0.3) is 0 Å². The van der Waals surface area contributed by atoms with E-state index in [9.17, 15) is 0 Å². The molecule has 1 aliphatic heterocycles. The molecule has 2 N–H and O–H groups in total. The van der Waals surface area contributed by atoms with E-state index in [1.165, 1.54) is 63.0 Å². The molecule has 152 valence electrons. The van der Waals surface area contributed by atoms with Crippen molar-refractivity contribution in [3.63, 3.8) is 0 Å². The zero-order valence-corrected chi connectivity index (χ0v) is 18.4. The summed E-state index contributed by atoms with van der Waals surface area (Å²) in [5.41, 5.74) is 10.9. The first-order chi connectivity index (χ1) is 12.7. The topological polar surface area (TPSA) is 32.5 Å². The molecule has 0 radical (unpaired) electrons. The molecule has 3 heteroatoms. The van der Waals surface area contributed by atoms with E-state index in [1.807, 2.05) is 0 Å². The second kappa shape index (κ2) is 8.03. The van der Waals surface area contributed by atoms with Crippen molar-refractivity contribution < 1.29 is 0 Å². The lowest BCUT2D eigenvalue weighted by atomic mass is 9.60. The van der Waals surface area contributed by atoms with Crippen LogP contribution in [0.5, 0.6) is 0 Å². The van der Waals surface area contributed by atoms with Crippen molar-refractivity contribution in [2.75, 3.05) is 43.4 Å². The van der Waals surface area contributed by atoms with E-state index in [0.29, 0.717) is 16.7 Å². The molecular weight excluding hydrogens is 330 g/mol. The second-order valence-electron chi connectivity index (χ2n) is 10.6. The molecule has 1 saturated heterocycles. The highest BCUT2D eigenvalue weighted by Gasteiger charge is 2.40. The van der Waals surface area contributed by atoms with Crippen LogP contribution in [0.2, 0.25) is 0 Å². The van der Waals surface area contributed by atoms with Crippen LogP contribution in [0, 0.1) is 10.8 Å². The van der Waals surface area contributed by atoms with E-state index in [0.717, 1.165) is 18.8 Å². The zero-order chi connectivity index (χ0) is 19.7. The SMILES string of the molecule is CCCCN1CCN(c2ccc(N)cc2C2CC(C)(C)CC(C)(C)C2)CC1. The smallest absolute Gasteiger partial charge is 0.0404 e. The number of nitrogen functional groups attached to an aromatic ring is 1. The van der Waals surface area contributed by atoms with Gasteiger partial charge in [0.05, 0.1) is 0 Å². The number of nitrogens with two attached hydrogens (primary N) is 1. The number of unbranched alkanes of at least 4 members (excludes halogenated alkanes) is 1. The highest BCUT2D eigenvalue weighted by molar-refractivity contribution is 5.61. The van der Waals surface area contributed by atoms with Gasteiger partial charge in [0.15, 0.2) is 0 Å². The van der Waals surface area contributed by atoms with Crippen molar-refractivity contribution in [1.29, 1.82) is 0 Å². The molecule has 0 aromatic heterocycles. The van der Waals surface area contributed by atoms with Crippen molar-refractivity contribution in [1.82, 2.24) is 4.90 Å². The summed E-state index contributed by atoms with van der Waals surface area (Å²) in [6, 6.07) is 6.67. The molecule has 3 nitrogen and oxygen atoms in total. The van der Waals surface area contributed by atoms with Gasteiger partial charge in [0.1, 0.15) is 0 Å². The average molecular weight is 372 g/mol. The highest BCUT2D eigenvalue weighted by atomic mass is 15.3. The standard InChI is InChI=1S/C24H41N3/c1-6-7-10-26-11-13-27(14-12-26)22-9-8-20(25)15-21(22)19-16-23(2,3)18-24(4,5)17-19/h8-9,15,19H,6-7,10-14,16-18,25H2,1-5H3. The molecule has 0 unspecified atom stereocenters. The summed E-state index contributed by atoms with van der Waals surface area (Å²) in [4.78, 5) is 5.25. The Balaban J connectivity index is 1.80. The summed E-state index contributed by atoms with van der Waals surface area (Å²) in [5, 5.41) is 0. The van der Waals surface area contributed by atoms with Crippen LogP contribution in [-0.2, 0) is 0 Å². The molecule has 0 bridgehead atoms. The lowest BCUT2D eigenvalue weighted by molar-refractivity contribution is 0.0970. The van der Waals surface area contributed by atoms with E-state index >= 15 is 0 Å². The average Bonchev–Trinajstić information content (AvgIpc) is 2.58. The van der Waals surface area contributed by atoms with E-state index in [1.54, 1.807) is 0 Å². The molecule has 1 saturated carbocycles. The van der Waals surface area contributed by atoms with E-state index in [2.05, 4.69) is 62.6 Å². The summed E-state index contributed by atoms with van der Waals surface area (Å²) < 4.78 is 0. The molecular formula is C24H41N3. The van der Waals surface area contributed by atoms with Crippen LogP contribution < -0.4 is 10.6 Å². The number of rotatable bonds is 5. The van der Waals surface area contributed by atoms with Gasteiger partial charge in [-0.05, 0) is 72.7 Å². The zero-order valence-electron chi connectivity index (χ0n) is 18.4. The summed E-state index contributed by atoms with van der Waals surface area (Å²) in [6.07, 6.45) is 6.45. The number of nitrogens with zero attached hydrogens (tertiary/aromatic N) is 2. The Morgan fingerprint density at radius 3 is 2.22 bits per heavy atom. The minimum atomic E-state index is 0.396. The van der Waals surface area contributed by atoms with Crippen LogP contribution in [0.15, 0.2) is 18.2 Å². The fourth-order valence-corrected chi connectivity index (χ4v) is 5.85. The van der Waals surface area contributed by atoms with Gasteiger partial charge >= 0.3 is 0 Å². The van der Waals surface area contributed by atoms with E-state index in [4.69, 9.17) is 5.73 Å². The Morgan fingerprint density at radius 2 is 1.63 bits per heavy atom. The first-order valence-electron chi connectivity index (χ1n) is 11.1. The highest BCUT2D eigenvalue weighted by Crippen LogP contribution is 2.53. The van der Waals surface area contributed by atoms with Gasteiger partial charge in [-0.15, -0.1) is 0 Å². The Bertz CT molecular complexity index is 611. The van der Waals surface area contributed by atoms with Gasteiger partial charge in [-0.3, -0.25) is 4.90 Å². The molecule has 3 rings (SSSR count). The normalized spacial score (nSPS) is 23.5. The minimum Gasteiger partial charge on any atom is -0.399 e. The molecule has 0 amide bonds. The van der Waals surface area contributed by atoms with E-state index < -0.39 is 0 Å². The van der Waals surface area contributed by atoms with Gasteiger partial charge in [0.2, 0.25) is 0 Å². The van der Waals surface area contributed by atoms with Crippen LogP contribution in [0.25, 0.3) is 0 Å². The van der Waals surface area contributed by atoms with Crippen molar-refractivity contribution >= 4 is 11.4 Å². The second-order valence-corrected chi connectivity index (χ2v) is 10.6. The third kappa shape index (κ3) is 5.19. The fraction of sp³-hybridized carbons (Fsp3) is 0.750. The quantitative estimate of drug-likeness (QED) is 0.693. The van der Waals surface area contributed by atoms with Crippen molar-refractivity contribution in [3.05, 3.63) is 23.8 Å². The molecule has 1 aliphatic carbocycles. The summed E-state index contributed by atoms with van der Waals surface area (Å²) >= 11 is 0. The summed E-state index contributed by atoms with van der Waals surface area (Å²) in [7, 11) is 0. The molecule has 0 spiro atoms. The van der Waals surface area contributed by atoms with Crippen LogP contribution in [0.3, 0.4) is 0 Å². The van der Waals surface area contributed by atoms with Gasteiger partial charge in [-0.25, -0.2) is 0 Å². The Labute approximate surface area is 167 Å². The lowest BCUT2D eigenvalue weighted by Crippen LogP contribution is -2.47. The monoisotopic (exact) mass is 371 g/mol. The van der Waals surface area contributed by atoms with Crippen LogP contribution >= 0.6 is 0 Å². The minimum absolute atomic E-state index is 0.396. The molecule has 2 fully saturated rings. The summed E-state index contributed by atoms with van der Waals surface area (Å²) in [6.45, 7) is 18.0. The first kappa shape index (κ1) is 20.5. The largest absolute Gasteiger partial charge is 0.399 e. The number of hydrogen-bond donors (Lipinski definition) is 1. The number of benzene rings is 1. The van der Waals surface area contributed by atoms with Crippen LogP contribution in [0.1, 0.15) is 78.2 Å². The maximum absolute atomic E-state index is 6.25. The molecule has 1 heterocycles. The van der Waals surface area contributed by atoms with Crippen LogP contribution in [0.4, 0.5) is 11.4 Å². The number of piperazine rings is 1. The Morgan fingerprint density at radius 1 is 1.00 bits per heavy atom. The molecule has 1 aromatic carbocycles. The molecule has 27 heavy (non-hydrogen) atoms. The predicted octanol–water partition coefficient (Wildman–Crippen LogP) is 5.51. The fourth-order valence-electron chi connectivity index (χ4n) is 5.85. The summed E-state index contributed by atoms with van der Waals surface area (Å²) in [5.74, 6) is 0.611. The number of hydrogen-bond acceptors (Lipinski definition) is 3. The molecule has 0 atom stereocenters. The van der Waals surface area contributed by atoms with Gasteiger partial charge in [-0.1, -0.05) is 41.0 Å². The van der Waals surface area contributed by atoms with Crippen molar-refractivity contribution in [2.45, 2.75) is 72.6 Å². The maximum atomic E-state index is 6.25. The van der Waals surface area contributed by atoms with E-state index in [-0.39, 0.29) is 0 Å². The van der Waals surface area contributed by atoms with Gasteiger partial charge in [-0.2, -0.15) is 0 Å². The van der Waals surface area contributed by atoms with Gasteiger partial charge in [0, 0.05) is 37.6 Å². The lowest BCUT2D eigenvalue weighted by Gasteiger charge is -2.46. The number of anilines is 2. The Hall–Kier alpha value is -1.22. The maximum Gasteiger partial charge on any atom is 0.0404 e. The van der Waals surface area contributed by atoms with Crippen LogP contribution in [-0.4, -0.2) is 37.6 Å². The first-order valence-corrected chi connectivity index (χ1v) is 11.1. The third-order valence-electron chi connectivity index (χ3n) is 6.59. The van der Waals surface area contributed by atoms with Crippen molar-refractivity contribution in [3.8, 4) is 0 Å². The van der Waals surface area contributed by atoms with Crippen molar-refractivity contribution in [2.24, 2.45) is 10.8 Å². The molecule has 1 aromatic rings. The third-order valence-corrected chi connectivity index (χ3v) is 6.59. The predicted molar refractivity (Wildman–Crippen MR) is 119 cm³/mol. The Kier molecular flexibility index (Phi) is 6.10.